The van der Waals surface area contributed by atoms with Crippen LogP contribution in [0.2, 0.25) is 5.02 Å². The van der Waals surface area contributed by atoms with Crippen LogP contribution < -0.4 is 11.1 Å². The minimum Gasteiger partial charge on any atom is -0.396 e. The highest BCUT2D eigenvalue weighted by atomic mass is 35.5. The Hall–Kier alpha value is -2.32. The molecule has 0 saturated heterocycles. The van der Waals surface area contributed by atoms with Gasteiger partial charge in [-0.2, -0.15) is 5.26 Å². The van der Waals surface area contributed by atoms with Crippen LogP contribution in [0.25, 0.3) is 0 Å². The first-order valence-corrected chi connectivity index (χ1v) is 5.35. The van der Waals surface area contributed by atoms with Crippen molar-refractivity contribution in [1.82, 2.24) is 4.98 Å². The summed E-state index contributed by atoms with van der Waals surface area (Å²) in [7, 11) is 0. The van der Waals surface area contributed by atoms with Crippen LogP contribution >= 0.6 is 11.6 Å². The van der Waals surface area contributed by atoms with Crippen molar-refractivity contribution < 1.29 is 4.39 Å². The van der Waals surface area contributed by atoms with Crippen molar-refractivity contribution in [2.75, 3.05) is 11.1 Å². The molecule has 18 heavy (non-hydrogen) atoms. The Morgan fingerprint density at radius 3 is 2.83 bits per heavy atom. The molecule has 3 N–H and O–H groups in total. The highest BCUT2D eigenvalue weighted by molar-refractivity contribution is 6.33. The molecule has 1 heterocycles. The van der Waals surface area contributed by atoms with Gasteiger partial charge in [0.1, 0.15) is 11.9 Å². The van der Waals surface area contributed by atoms with Crippen molar-refractivity contribution in [2.24, 2.45) is 0 Å². The first-order chi connectivity index (χ1) is 8.60. The molecule has 0 saturated carbocycles. The van der Waals surface area contributed by atoms with E-state index in [1.165, 1.54) is 30.5 Å². The number of halogens is 2. The van der Waals surface area contributed by atoms with Gasteiger partial charge in [-0.3, -0.25) is 0 Å². The van der Waals surface area contributed by atoms with Gasteiger partial charge in [0, 0.05) is 6.20 Å². The Morgan fingerprint density at radius 2 is 2.17 bits per heavy atom. The van der Waals surface area contributed by atoms with Crippen molar-refractivity contribution >= 4 is 28.8 Å². The second-order valence-corrected chi connectivity index (χ2v) is 3.93. The molecule has 0 spiro atoms. The van der Waals surface area contributed by atoms with E-state index in [-0.39, 0.29) is 5.69 Å². The molecule has 1 aromatic carbocycles. The Kier molecular flexibility index (Phi) is 3.31. The predicted octanol–water partition coefficient (Wildman–Crippen LogP) is 3.07. The molecule has 2 rings (SSSR count). The molecular formula is C12H8ClFN4. The van der Waals surface area contributed by atoms with Crippen molar-refractivity contribution in [3.63, 3.8) is 0 Å². The van der Waals surface area contributed by atoms with E-state index in [4.69, 9.17) is 22.6 Å². The number of benzene rings is 1. The van der Waals surface area contributed by atoms with Crippen molar-refractivity contribution in [1.29, 1.82) is 5.26 Å². The number of nitrogens with one attached hydrogen (secondary N) is 1. The van der Waals surface area contributed by atoms with Crippen molar-refractivity contribution in [2.45, 2.75) is 0 Å². The number of nitrogens with zero attached hydrogens (tertiary/aromatic N) is 2. The SMILES string of the molecule is N#Cc1cnc(Nc2cc(F)ccc2Cl)c(N)c1. The molecule has 2 aromatic rings. The predicted molar refractivity (Wildman–Crippen MR) is 68.1 cm³/mol. The molecule has 0 aliphatic rings. The van der Waals surface area contributed by atoms with Crippen LogP contribution in [0.5, 0.6) is 0 Å². The lowest BCUT2D eigenvalue weighted by Gasteiger charge is -2.09. The van der Waals surface area contributed by atoms with Crippen LogP contribution in [0.4, 0.5) is 21.6 Å². The van der Waals surface area contributed by atoms with Crippen LogP contribution in [-0.4, -0.2) is 4.98 Å². The lowest BCUT2D eigenvalue weighted by molar-refractivity contribution is 0.628. The van der Waals surface area contributed by atoms with Gasteiger partial charge in [0.2, 0.25) is 0 Å². The van der Waals surface area contributed by atoms with E-state index < -0.39 is 5.82 Å². The zero-order valence-corrected chi connectivity index (χ0v) is 9.87. The fourth-order valence-corrected chi connectivity index (χ4v) is 1.53. The first-order valence-electron chi connectivity index (χ1n) is 4.98. The van der Waals surface area contributed by atoms with Gasteiger partial charge >= 0.3 is 0 Å². The summed E-state index contributed by atoms with van der Waals surface area (Å²) in [4.78, 5) is 3.98. The van der Waals surface area contributed by atoms with Crippen LogP contribution in [-0.2, 0) is 0 Å². The second kappa shape index (κ2) is 4.90. The Balaban J connectivity index is 2.34. The standard InChI is InChI=1S/C12H8ClFN4/c13-9-2-1-8(14)4-11(9)18-12-10(16)3-7(5-15)6-17-12/h1-4,6H,16H2,(H,17,18). The molecule has 0 radical (unpaired) electrons. The molecule has 0 fully saturated rings. The number of nitrogen functional groups attached to an aromatic ring is 1. The van der Waals surface area contributed by atoms with Gasteiger partial charge in [-0.25, -0.2) is 9.37 Å². The van der Waals surface area contributed by atoms with Gasteiger partial charge in [-0.15, -0.1) is 0 Å². The van der Waals surface area contributed by atoms with E-state index in [0.717, 1.165) is 0 Å². The maximum Gasteiger partial charge on any atom is 0.153 e. The van der Waals surface area contributed by atoms with Crippen LogP contribution in [0.15, 0.2) is 30.5 Å². The molecule has 6 heteroatoms. The smallest absolute Gasteiger partial charge is 0.153 e. The average molecular weight is 263 g/mol. The topological polar surface area (TPSA) is 74.7 Å². The Morgan fingerprint density at radius 1 is 1.39 bits per heavy atom. The fraction of sp³-hybridized carbons (Fsp3) is 0. The highest BCUT2D eigenvalue weighted by Gasteiger charge is 2.06. The zero-order chi connectivity index (χ0) is 13.1. The van der Waals surface area contributed by atoms with Gasteiger partial charge in [0.05, 0.1) is 22.0 Å². The molecule has 0 unspecified atom stereocenters. The molecule has 0 aliphatic heterocycles. The summed E-state index contributed by atoms with van der Waals surface area (Å²) >= 11 is 5.91. The first kappa shape index (κ1) is 12.1. The Labute approximate surface area is 108 Å². The maximum atomic E-state index is 13.1. The maximum absolute atomic E-state index is 13.1. The van der Waals surface area contributed by atoms with Crippen molar-refractivity contribution in [3.05, 3.63) is 46.9 Å². The van der Waals surface area contributed by atoms with E-state index in [9.17, 15) is 4.39 Å². The summed E-state index contributed by atoms with van der Waals surface area (Å²) in [6.07, 6.45) is 1.37. The van der Waals surface area contributed by atoms with Gasteiger partial charge in [0.15, 0.2) is 5.82 Å². The molecule has 0 bridgehead atoms. The number of rotatable bonds is 2. The lowest BCUT2D eigenvalue weighted by atomic mass is 10.2. The molecule has 4 nitrogen and oxygen atoms in total. The zero-order valence-electron chi connectivity index (χ0n) is 9.11. The van der Waals surface area contributed by atoms with Gasteiger partial charge in [0.25, 0.3) is 0 Å². The molecule has 0 aliphatic carbocycles. The van der Waals surface area contributed by atoms with E-state index >= 15 is 0 Å². The third kappa shape index (κ3) is 2.50. The third-order valence-electron chi connectivity index (χ3n) is 2.23. The van der Waals surface area contributed by atoms with Crippen LogP contribution in [0, 0.1) is 17.1 Å². The number of nitrogens with two attached hydrogens (primary N) is 1. The Bertz CT molecular complexity index is 636. The summed E-state index contributed by atoms with van der Waals surface area (Å²) in [5.74, 6) is -0.101. The normalized spacial score (nSPS) is 9.83. The molecule has 0 atom stereocenters. The van der Waals surface area contributed by atoms with Gasteiger partial charge < -0.3 is 11.1 Å². The number of hydrogen-bond donors (Lipinski definition) is 2. The van der Waals surface area contributed by atoms with Gasteiger partial charge in [-0.05, 0) is 24.3 Å². The number of nitriles is 1. The molecule has 0 amide bonds. The summed E-state index contributed by atoms with van der Waals surface area (Å²) in [5.41, 5.74) is 6.72. The second-order valence-electron chi connectivity index (χ2n) is 3.52. The molecular weight excluding hydrogens is 255 g/mol. The van der Waals surface area contributed by atoms with Crippen molar-refractivity contribution in [3.8, 4) is 6.07 Å². The van der Waals surface area contributed by atoms with Crippen LogP contribution in [0.1, 0.15) is 5.56 Å². The molecule has 1 aromatic heterocycles. The van der Waals surface area contributed by atoms with E-state index in [2.05, 4.69) is 10.3 Å². The summed E-state index contributed by atoms with van der Waals surface area (Å²) in [5, 5.41) is 11.9. The van der Waals surface area contributed by atoms with E-state index in [1.807, 2.05) is 6.07 Å². The van der Waals surface area contributed by atoms with E-state index in [0.29, 0.717) is 22.1 Å². The summed E-state index contributed by atoms with van der Waals surface area (Å²) in [6, 6.07) is 7.32. The third-order valence-corrected chi connectivity index (χ3v) is 2.56. The number of hydrogen-bond acceptors (Lipinski definition) is 4. The average Bonchev–Trinajstić information content (AvgIpc) is 2.36. The van der Waals surface area contributed by atoms with Gasteiger partial charge in [-0.1, -0.05) is 11.6 Å². The quantitative estimate of drug-likeness (QED) is 0.872. The minimum atomic E-state index is -0.422. The summed E-state index contributed by atoms with van der Waals surface area (Å²) < 4.78 is 13.1. The number of anilines is 3. The monoisotopic (exact) mass is 262 g/mol. The van der Waals surface area contributed by atoms with E-state index in [1.54, 1.807) is 0 Å². The lowest BCUT2D eigenvalue weighted by Crippen LogP contribution is -2.00. The number of aromatic nitrogens is 1. The summed E-state index contributed by atoms with van der Waals surface area (Å²) in [6.45, 7) is 0. The highest BCUT2D eigenvalue weighted by Crippen LogP contribution is 2.27. The van der Waals surface area contributed by atoms with Crippen LogP contribution in [0.3, 0.4) is 0 Å². The largest absolute Gasteiger partial charge is 0.396 e. The number of pyridine rings is 1. The minimum absolute atomic E-state index is 0.286. The fourth-order valence-electron chi connectivity index (χ4n) is 1.37. The molecule has 90 valence electrons.